The molecule has 0 spiro atoms. The quantitative estimate of drug-likeness (QED) is 0.936. The van der Waals surface area contributed by atoms with E-state index in [-0.39, 0.29) is 23.3 Å². The van der Waals surface area contributed by atoms with Crippen molar-refractivity contribution in [3.8, 4) is 5.75 Å². The molecule has 2 aliphatic rings. The summed E-state index contributed by atoms with van der Waals surface area (Å²) in [5.41, 5.74) is 0.138. The van der Waals surface area contributed by atoms with E-state index in [1.165, 1.54) is 25.1 Å². The zero-order valence-corrected chi connectivity index (χ0v) is 13.6. The Bertz CT molecular complexity index is 738. The summed E-state index contributed by atoms with van der Waals surface area (Å²) in [6, 6.07) is 3.13. The van der Waals surface area contributed by atoms with Gasteiger partial charge in [-0.05, 0) is 43.7 Å². The first-order chi connectivity index (χ1) is 11.7. The summed E-state index contributed by atoms with van der Waals surface area (Å²) in [7, 11) is 0. The van der Waals surface area contributed by atoms with Gasteiger partial charge in [-0.15, -0.1) is 0 Å². The largest absolute Gasteiger partial charge is 0.505 e. The standard InChI is InChI=1S/C18H22N4O2/c23-15-4-1-7-19-16(15)18(24)22-9-2-3-14(12-22)17-20-8-10-21(17)11-13-5-6-13/h1,4,7-8,10,13-14,23H,2-3,5-6,9,11-12H2/t14-/m0/s1. The van der Waals surface area contributed by atoms with Crippen molar-refractivity contribution in [1.29, 1.82) is 0 Å². The van der Waals surface area contributed by atoms with Gasteiger partial charge < -0.3 is 14.6 Å². The fourth-order valence-electron chi connectivity index (χ4n) is 3.50. The Hall–Kier alpha value is -2.37. The lowest BCUT2D eigenvalue weighted by Crippen LogP contribution is -2.40. The van der Waals surface area contributed by atoms with Crippen molar-refractivity contribution < 1.29 is 9.90 Å². The third-order valence-corrected chi connectivity index (χ3v) is 4.96. The number of aromatic hydroxyl groups is 1. The van der Waals surface area contributed by atoms with E-state index in [9.17, 15) is 9.90 Å². The van der Waals surface area contributed by atoms with Gasteiger partial charge in [0.05, 0.1) is 0 Å². The molecule has 3 heterocycles. The second kappa shape index (κ2) is 6.26. The number of carbonyl (C=O) groups excluding carboxylic acids is 1. The molecule has 1 aliphatic carbocycles. The number of likely N-dealkylation sites (tertiary alicyclic amines) is 1. The second-order valence-corrected chi connectivity index (χ2v) is 6.84. The molecule has 0 bridgehead atoms. The molecule has 126 valence electrons. The molecular formula is C18H22N4O2. The van der Waals surface area contributed by atoms with Gasteiger partial charge in [-0.2, -0.15) is 0 Å². The Morgan fingerprint density at radius 1 is 1.25 bits per heavy atom. The molecule has 6 nitrogen and oxygen atoms in total. The van der Waals surface area contributed by atoms with E-state index in [0.717, 1.165) is 31.1 Å². The molecule has 1 atom stereocenters. The van der Waals surface area contributed by atoms with Crippen LogP contribution in [0.25, 0.3) is 0 Å². The molecule has 4 rings (SSSR count). The number of hydrogen-bond donors (Lipinski definition) is 1. The van der Waals surface area contributed by atoms with Crippen LogP contribution in [0.2, 0.25) is 0 Å². The molecule has 2 fully saturated rings. The third kappa shape index (κ3) is 3.00. The SMILES string of the molecule is O=C(c1ncccc1O)N1CCC[C@H](c2nccn2CC2CC2)C1. The summed E-state index contributed by atoms with van der Waals surface area (Å²) in [6.45, 7) is 2.38. The van der Waals surface area contributed by atoms with Crippen LogP contribution in [-0.2, 0) is 6.54 Å². The molecule has 6 heteroatoms. The Kier molecular flexibility index (Phi) is 3.96. The molecule has 0 radical (unpaired) electrons. The van der Waals surface area contributed by atoms with Crippen LogP contribution < -0.4 is 0 Å². The molecule has 1 aliphatic heterocycles. The minimum atomic E-state index is -0.196. The molecule has 1 N–H and O–H groups in total. The Morgan fingerprint density at radius 3 is 2.92 bits per heavy atom. The summed E-state index contributed by atoms with van der Waals surface area (Å²) < 4.78 is 2.26. The van der Waals surface area contributed by atoms with E-state index in [1.54, 1.807) is 11.0 Å². The van der Waals surface area contributed by atoms with Gasteiger partial charge in [0.15, 0.2) is 5.69 Å². The lowest BCUT2D eigenvalue weighted by molar-refractivity contribution is 0.0694. The predicted molar refractivity (Wildman–Crippen MR) is 88.7 cm³/mol. The summed E-state index contributed by atoms with van der Waals surface area (Å²) in [5, 5.41) is 9.89. The molecule has 2 aromatic heterocycles. The van der Waals surface area contributed by atoms with Gasteiger partial charge in [0, 0.05) is 44.1 Å². The first-order valence-electron chi connectivity index (χ1n) is 8.66. The number of piperidine rings is 1. The molecule has 0 unspecified atom stereocenters. The third-order valence-electron chi connectivity index (χ3n) is 4.96. The van der Waals surface area contributed by atoms with Gasteiger partial charge in [-0.3, -0.25) is 4.79 Å². The monoisotopic (exact) mass is 326 g/mol. The van der Waals surface area contributed by atoms with Crippen LogP contribution >= 0.6 is 0 Å². The van der Waals surface area contributed by atoms with Gasteiger partial charge >= 0.3 is 0 Å². The first-order valence-corrected chi connectivity index (χ1v) is 8.66. The number of hydrogen-bond acceptors (Lipinski definition) is 4. The van der Waals surface area contributed by atoms with Crippen LogP contribution in [0.15, 0.2) is 30.7 Å². The van der Waals surface area contributed by atoms with Crippen molar-refractivity contribution in [2.24, 2.45) is 5.92 Å². The Balaban J connectivity index is 1.50. The van der Waals surface area contributed by atoms with E-state index in [0.29, 0.717) is 13.1 Å². The minimum absolute atomic E-state index is 0.0557. The van der Waals surface area contributed by atoms with Gasteiger partial charge in [0.25, 0.3) is 5.91 Å². The van der Waals surface area contributed by atoms with Crippen molar-refractivity contribution in [3.05, 3.63) is 42.2 Å². The van der Waals surface area contributed by atoms with Crippen LogP contribution in [0.5, 0.6) is 5.75 Å². The van der Waals surface area contributed by atoms with Crippen molar-refractivity contribution in [2.45, 2.75) is 38.1 Å². The van der Waals surface area contributed by atoms with Crippen molar-refractivity contribution >= 4 is 5.91 Å². The minimum Gasteiger partial charge on any atom is -0.505 e. The number of aromatic nitrogens is 3. The Labute approximate surface area is 141 Å². The summed E-state index contributed by atoms with van der Waals surface area (Å²) >= 11 is 0. The number of rotatable bonds is 4. The van der Waals surface area contributed by atoms with E-state index >= 15 is 0 Å². The van der Waals surface area contributed by atoms with Gasteiger partial charge in [0.2, 0.25) is 0 Å². The zero-order valence-electron chi connectivity index (χ0n) is 13.6. The van der Waals surface area contributed by atoms with E-state index in [4.69, 9.17) is 0 Å². The van der Waals surface area contributed by atoms with E-state index < -0.39 is 0 Å². The fraction of sp³-hybridized carbons (Fsp3) is 0.500. The number of pyridine rings is 1. The summed E-state index contributed by atoms with van der Waals surface area (Å²) in [5.74, 6) is 1.88. The zero-order chi connectivity index (χ0) is 16.5. The maximum Gasteiger partial charge on any atom is 0.276 e. The highest BCUT2D eigenvalue weighted by Gasteiger charge is 2.30. The normalized spacial score (nSPS) is 21.0. The maximum atomic E-state index is 12.7. The predicted octanol–water partition coefficient (Wildman–Crippen LogP) is 2.41. The maximum absolute atomic E-state index is 12.7. The molecule has 1 saturated carbocycles. The number of nitrogens with zero attached hydrogens (tertiary/aromatic N) is 4. The van der Waals surface area contributed by atoms with Crippen molar-refractivity contribution in [1.82, 2.24) is 19.4 Å². The first kappa shape index (κ1) is 15.2. The van der Waals surface area contributed by atoms with Gasteiger partial charge in [-0.25, -0.2) is 9.97 Å². The smallest absolute Gasteiger partial charge is 0.276 e. The number of amides is 1. The van der Waals surface area contributed by atoms with E-state index in [1.807, 2.05) is 6.20 Å². The molecule has 24 heavy (non-hydrogen) atoms. The summed E-state index contributed by atoms with van der Waals surface area (Å²) in [4.78, 5) is 23.1. The highest BCUT2D eigenvalue weighted by molar-refractivity contribution is 5.94. The molecular weight excluding hydrogens is 304 g/mol. The van der Waals surface area contributed by atoms with Crippen LogP contribution in [0.3, 0.4) is 0 Å². The van der Waals surface area contributed by atoms with Crippen LogP contribution in [0.4, 0.5) is 0 Å². The number of carbonyl (C=O) groups is 1. The van der Waals surface area contributed by atoms with Crippen molar-refractivity contribution in [3.63, 3.8) is 0 Å². The molecule has 1 amide bonds. The Morgan fingerprint density at radius 2 is 2.12 bits per heavy atom. The topological polar surface area (TPSA) is 71.2 Å². The fourth-order valence-corrected chi connectivity index (χ4v) is 3.50. The van der Waals surface area contributed by atoms with Crippen molar-refractivity contribution in [2.75, 3.05) is 13.1 Å². The van der Waals surface area contributed by atoms with Gasteiger partial charge in [0.1, 0.15) is 11.6 Å². The highest BCUT2D eigenvalue weighted by Crippen LogP contribution is 2.33. The molecule has 2 aromatic rings. The highest BCUT2D eigenvalue weighted by atomic mass is 16.3. The van der Waals surface area contributed by atoms with Gasteiger partial charge in [-0.1, -0.05) is 0 Å². The van der Waals surface area contributed by atoms with Crippen LogP contribution in [0.1, 0.15) is 47.9 Å². The van der Waals surface area contributed by atoms with Crippen LogP contribution in [-0.4, -0.2) is 43.5 Å². The lowest BCUT2D eigenvalue weighted by Gasteiger charge is -2.32. The average Bonchev–Trinajstić information content (AvgIpc) is 3.30. The molecule has 1 saturated heterocycles. The molecule has 0 aromatic carbocycles. The van der Waals surface area contributed by atoms with Crippen LogP contribution in [0, 0.1) is 5.92 Å². The lowest BCUT2D eigenvalue weighted by atomic mass is 9.96. The average molecular weight is 326 g/mol. The van der Waals surface area contributed by atoms with E-state index in [2.05, 4.69) is 20.7 Å². The number of imidazole rings is 1. The second-order valence-electron chi connectivity index (χ2n) is 6.84. The summed E-state index contributed by atoms with van der Waals surface area (Å²) in [6.07, 6.45) is 10.1.